The lowest BCUT2D eigenvalue weighted by Crippen LogP contribution is -2.29. The van der Waals surface area contributed by atoms with E-state index in [1.54, 1.807) is 0 Å². The first-order valence-electron chi connectivity index (χ1n) is 4.34. The van der Waals surface area contributed by atoms with Crippen molar-refractivity contribution in [2.24, 2.45) is 0 Å². The molecule has 1 atom stereocenters. The summed E-state index contributed by atoms with van der Waals surface area (Å²) in [5.41, 5.74) is 0. The largest absolute Gasteiger partial charge is 0.395 e. The number of hydrogen-bond acceptors (Lipinski definition) is 3. The van der Waals surface area contributed by atoms with Crippen LogP contribution in [0.3, 0.4) is 0 Å². The van der Waals surface area contributed by atoms with Crippen molar-refractivity contribution >= 4 is 0 Å². The third kappa shape index (κ3) is 3.55. The Morgan fingerprint density at radius 3 is 2.92 bits per heavy atom. The number of aliphatic hydroxyl groups is 1. The van der Waals surface area contributed by atoms with Crippen LogP contribution in [0, 0.1) is 0 Å². The minimum atomic E-state index is 0.216. The smallest absolute Gasteiger partial charge is 0.0555 e. The third-order valence-corrected chi connectivity index (χ3v) is 1.78. The van der Waals surface area contributed by atoms with E-state index in [0.717, 1.165) is 13.0 Å². The monoisotopic (exact) mass is 168 g/mol. The van der Waals surface area contributed by atoms with E-state index in [9.17, 15) is 0 Å². The van der Waals surface area contributed by atoms with Crippen molar-refractivity contribution in [3.8, 4) is 0 Å². The second-order valence-corrected chi connectivity index (χ2v) is 2.78. The van der Waals surface area contributed by atoms with Crippen LogP contribution in [0.4, 0.5) is 0 Å². The van der Waals surface area contributed by atoms with E-state index in [-0.39, 0.29) is 6.61 Å². The zero-order valence-corrected chi connectivity index (χ0v) is 7.16. The zero-order valence-electron chi connectivity index (χ0n) is 7.16. The lowest BCUT2D eigenvalue weighted by molar-refractivity contribution is 0.291. The fraction of sp³-hybridized carbons (Fsp3) is 0.556. The van der Waals surface area contributed by atoms with Crippen molar-refractivity contribution in [1.82, 2.24) is 10.6 Å². The standard InChI is InChI=1S/C9H16N2O/c12-8-7-10-6-4-9-3-1-2-5-11-9/h1-3,5,9-12H,4,6-8H2. The highest BCUT2D eigenvalue weighted by Crippen LogP contribution is 1.97. The first kappa shape index (κ1) is 9.29. The van der Waals surface area contributed by atoms with Crippen LogP contribution in [0.15, 0.2) is 24.4 Å². The molecular formula is C9H16N2O. The van der Waals surface area contributed by atoms with E-state index in [1.807, 2.05) is 18.4 Å². The SMILES string of the molecule is OCCNCCC1C=CC=CN1. The van der Waals surface area contributed by atoms with Gasteiger partial charge in [-0.1, -0.05) is 12.2 Å². The van der Waals surface area contributed by atoms with E-state index in [4.69, 9.17) is 5.11 Å². The van der Waals surface area contributed by atoms with E-state index in [2.05, 4.69) is 16.7 Å². The molecule has 3 N–H and O–H groups in total. The Morgan fingerprint density at radius 1 is 1.33 bits per heavy atom. The van der Waals surface area contributed by atoms with E-state index < -0.39 is 0 Å². The van der Waals surface area contributed by atoms with Crippen molar-refractivity contribution in [1.29, 1.82) is 0 Å². The maximum absolute atomic E-state index is 8.50. The van der Waals surface area contributed by atoms with Gasteiger partial charge in [-0.25, -0.2) is 0 Å². The summed E-state index contributed by atoms with van der Waals surface area (Å²) < 4.78 is 0. The highest BCUT2D eigenvalue weighted by Gasteiger charge is 2.01. The second-order valence-electron chi connectivity index (χ2n) is 2.78. The van der Waals surface area contributed by atoms with Gasteiger partial charge >= 0.3 is 0 Å². The molecule has 0 aliphatic carbocycles. The predicted octanol–water partition coefficient (Wildman–Crippen LogP) is 0.000100. The minimum Gasteiger partial charge on any atom is -0.395 e. The molecule has 0 saturated heterocycles. The van der Waals surface area contributed by atoms with Crippen LogP contribution < -0.4 is 10.6 Å². The fourth-order valence-electron chi connectivity index (χ4n) is 1.13. The van der Waals surface area contributed by atoms with Gasteiger partial charge < -0.3 is 15.7 Å². The molecule has 0 aromatic carbocycles. The summed E-state index contributed by atoms with van der Waals surface area (Å²) >= 11 is 0. The number of aliphatic hydroxyl groups excluding tert-OH is 1. The van der Waals surface area contributed by atoms with Gasteiger partial charge in [-0.15, -0.1) is 0 Å². The van der Waals surface area contributed by atoms with Crippen LogP contribution in [0.5, 0.6) is 0 Å². The maximum atomic E-state index is 8.50. The first-order chi connectivity index (χ1) is 5.93. The van der Waals surface area contributed by atoms with Crippen LogP contribution >= 0.6 is 0 Å². The second kappa shape index (κ2) is 5.80. The zero-order chi connectivity index (χ0) is 8.65. The third-order valence-electron chi connectivity index (χ3n) is 1.78. The van der Waals surface area contributed by atoms with Gasteiger partial charge in [-0.3, -0.25) is 0 Å². The van der Waals surface area contributed by atoms with Gasteiger partial charge in [0.05, 0.1) is 6.61 Å². The molecule has 0 saturated carbocycles. The molecule has 1 aliphatic rings. The van der Waals surface area contributed by atoms with Crippen molar-refractivity contribution in [2.75, 3.05) is 19.7 Å². The maximum Gasteiger partial charge on any atom is 0.0555 e. The van der Waals surface area contributed by atoms with Gasteiger partial charge in [-0.05, 0) is 25.2 Å². The Balaban J connectivity index is 2.00. The number of nitrogens with one attached hydrogen (secondary N) is 2. The van der Waals surface area contributed by atoms with Gasteiger partial charge in [0.2, 0.25) is 0 Å². The molecule has 1 unspecified atom stereocenters. The first-order valence-corrected chi connectivity index (χ1v) is 4.34. The summed E-state index contributed by atoms with van der Waals surface area (Å²) in [7, 11) is 0. The molecule has 0 aromatic rings. The van der Waals surface area contributed by atoms with Crippen LogP contribution in [0.2, 0.25) is 0 Å². The summed E-state index contributed by atoms with van der Waals surface area (Å²) in [6.07, 6.45) is 9.18. The highest BCUT2D eigenvalue weighted by atomic mass is 16.3. The van der Waals surface area contributed by atoms with Crippen LogP contribution in [-0.4, -0.2) is 30.8 Å². The Bertz CT molecular complexity index is 166. The van der Waals surface area contributed by atoms with Gasteiger partial charge in [0.15, 0.2) is 0 Å². The van der Waals surface area contributed by atoms with Crippen molar-refractivity contribution in [3.63, 3.8) is 0 Å². The molecule has 0 fully saturated rings. The molecular weight excluding hydrogens is 152 g/mol. The van der Waals surface area contributed by atoms with Gasteiger partial charge in [0.1, 0.15) is 0 Å². The number of rotatable bonds is 5. The summed E-state index contributed by atoms with van der Waals surface area (Å²) in [4.78, 5) is 0. The lowest BCUT2D eigenvalue weighted by atomic mass is 10.1. The van der Waals surface area contributed by atoms with Crippen molar-refractivity contribution in [2.45, 2.75) is 12.5 Å². The summed E-state index contributed by atoms with van der Waals surface area (Å²) in [5, 5.41) is 14.9. The summed E-state index contributed by atoms with van der Waals surface area (Å²) in [5.74, 6) is 0. The molecule has 0 spiro atoms. The molecule has 3 heteroatoms. The average molecular weight is 168 g/mol. The van der Waals surface area contributed by atoms with Gasteiger partial charge in [0, 0.05) is 12.6 Å². The Labute approximate surface area is 73.2 Å². The Morgan fingerprint density at radius 2 is 2.25 bits per heavy atom. The molecule has 0 aromatic heterocycles. The molecule has 3 nitrogen and oxygen atoms in total. The summed E-state index contributed by atoms with van der Waals surface area (Å²) in [6.45, 7) is 1.84. The van der Waals surface area contributed by atoms with Crippen molar-refractivity contribution in [3.05, 3.63) is 24.4 Å². The molecule has 0 amide bonds. The fourth-order valence-corrected chi connectivity index (χ4v) is 1.13. The normalized spacial score (nSPS) is 20.9. The number of allylic oxidation sites excluding steroid dienone is 2. The van der Waals surface area contributed by atoms with Crippen LogP contribution in [0.1, 0.15) is 6.42 Å². The quantitative estimate of drug-likeness (QED) is 0.506. The molecule has 1 rings (SSSR count). The molecule has 1 aliphatic heterocycles. The molecule has 68 valence electrons. The number of hydrogen-bond donors (Lipinski definition) is 3. The minimum absolute atomic E-state index is 0.216. The van der Waals surface area contributed by atoms with Gasteiger partial charge in [-0.2, -0.15) is 0 Å². The van der Waals surface area contributed by atoms with Gasteiger partial charge in [0.25, 0.3) is 0 Å². The lowest BCUT2D eigenvalue weighted by Gasteiger charge is -2.15. The highest BCUT2D eigenvalue weighted by molar-refractivity contribution is 5.11. The Kier molecular flexibility index (Phi) is 4.49. The topological polar surface area (TPSA) is 44.3 Å². The van der Waals surface area contributed by atoms with E-state index >= 15 is 0 Å². The molecule has 0 bridgehead atoms. The Hall–Kier alpha value is -0.800. The molecule has 0 radical (unpaired) electrons. The summed E-state index contributed by atoms with van der Waals surface area (Å²) in [6, 6.07) is 0.446. The predicted molar refractivity (Wildman–Crippen MR) is 49.8 cm³/mol. The van der Waals surface area contributed by atoms with Crippen molar-refractivity contribution < 1.29 is 5.11 Å². The van der Waals surface area contributed by atoms with E-state index in [1.165, 1.54) is 0 Å². The van der Waals surface area contributed by atoms with Crippen LogP contribution in [-0.2, 0) is 0 Å². The van der Waals surface area contributed by atoms with Crippen LogP contribution in [0.25, 0.3) is 0 Å². The average Bonchev–Trinajstić information content (AvgIpc) is 2.14. The molecule has 12 heavy (non-hydrogen) atoms. The number of dihydropyridines is 1. The molecule has 1 heterocycles. The van der Waals surface area contributed by atoms with E-state index in [0.29, 0.717) is 12.6 Å².